The molecule has 1 amide bonds. The number of unbranched alkanes of at least 4 members (excludes halogenated alkanes) is 4. The molecule has 0 saturated carbocycles. The van der Waals surface area contributed by atoms with Crippen LogP contribution in [0.25, 0.3) is 0 Å². The van der Waals surface area contributed by atoms with Crippen molar-refractivity contribution in [2.24, 2.45) is 11.5 Å². The van der Waals surface area contributed by atoms with E-state index in [1.165, 1.54) is 0 Å². The Morgan fingerprint density at radius 1 is 1.13 bits per heavy atom. The molecule has 0 bridgehead atoms. The number of aliphatic hydroxyl groups excluding tert-OH is 1. The van der Waals surface area contributed by atoms with Gasteiger partial charge in [0.2, 0.25) is 5.91 Å². The van der Waals surface area contributed by atoms with Crippen LogP contribution in [0, 0.1) is 11.8 Å². The molecule has 1 aromatic rings. The van der Waals surface area contributed by atoms with Crippen LogP contribution in [0.1, 0.15) is 49.7 Å². The summed E-state index contributed by atoms with van der Waals surface area (Å²) in [5.74, 6) is 5.66. The van der Waals surface area contributed by atoms with E-state index in [2.05, 4.69) is 17.2 Å². The van der Waals surface area contributed by atoms with Crippen LogP contribution in [0.3, 0.4) is 0 Å². The number of hydrogen-bond acceptors (Lipinski definition) is 4. The number of nitrogens with two attached hydrogens (primary N) is 2. The van der Waals surface area contributed by atoms with E-state index in [1.54, 1.807) is 18.2 Å². The SMILES string of the molecule is NCC#Cc1ccc(NC(=O)CCCCCCCN)cc1CO. The van der Waals surface area contributed by atoms with Crippen LogP contribution in [-0.4, -0.2) is 24.1 Å². The van der Waals surface area contributed by atoms with Gasteiger partial charge in [-0.2, -0.15) is 0 Å². The first-order valence-electron chi connectivity index (χ1n) is 8.14. The summed E-state index contributed by atoms with van der Waals surface area (Å²) in [6.07, 6.45) is 5.73. The third-order valence-corrected chi connectivity index (χ3v) is 3.49. The van der Waals surface area contributed by atoms with Crippen molar-refractivity contribution >= 4 is 11.6 Å². The lowest BCUT2D eigenvalue weighted by atomic mass is 10.1. The fourth-order valence-electron chi connectivity index (χ4n) is 2.25. The van der Waals surface area contributed by atoms with Crippen LogP contribution in [0.2, 0.25) is 0 Å². The van der Waals surface area contributed by atoms with E-state index in [0.29, 0.717) is 17.7 Å². The second-order valence-electron chi connectivity index (χ2n) is 5.39. The Kier molecular flexibility index (Phi) is 9.73. The molecule has 0 aromatic heterocycles. The summed E-state index contributed by atoms with van der Waals surface area (Å²) in [5, 5.41) is 12.3. The second kappa shape index (κ2) is 11.7. The van der Waals surface area contributed by atoms with Gasteiger partial charge in [-0.25, -0.2) is 0 Å². The average Bonchev–Trinajstić information content (AvgIpc) is 2.56. The zero-order valence-corrected chi connectivity index (χ0v) is 13.6. The van der Waals surface area contributed by atoms with Crippen molar-refractivity contribution in [2.75, 3.05) is 18.4 Å². The Hall–Kier alpha value is -1.87. The van der Waals surface area contributed by atoms with Crippen LogP contribution >= 0.6 is 0 Å². The minimum absolute atomic E-state index is 0.00601. The van der Waals surface area contributed by atoms with Gasteiger partial charge in [-0.1, -0.05) is 31.1 Å². The molecule has 0 fully saturated rings. The molecular weight excluding hydrogens is 290 g/mol. The van der Waals surface area contributed by atoms with Gasteiger partial charge in [-0.15, -0.1) is 0 Å². The summed E-state index contributed by atoms with van der Waals surface area (Å²) in [7, 11) is 0. The maximum absolute atomic E-state index is 11.9. The molecule has 0 radical (unpaired) electrons. The molecule has 5 heteroatoms. The number of nitrogens with one attached hydrogen (secondary N) is 1. The minimum Gasteiger partial charge on any atom is -0.392 e. The van der Waals surface area contributed by atoms with Crippen LogP contribution in [0.15, 0.2) is 18.2 Å². The zero-order chi connectivity index (χ0) is 16.9. The number of aliphatic hydroxyl groups is 1. The molecule has 0 unspecified atom stereocenters. The predicted octanol–water partition coefficient (Wildman–Crippen LogP) is 1.73. The van der Waals surface area contributed by atoms with Gasteiger partial charge in [-0.3, -0.25) is 4.79 Å². The maximum Gasteiger partial charge on any atom is 0.224 e. The highest BCUT2D eigenvalue weighted by Crippen LogP contribution is 2.16. The normalized spacial score (nSPS) is 10.0. The van der Waals surface area contributed by atoms with Crippen LogP contribution in [-0.2, 0) is 11.4 Å². The summed E-state index contributed by atoms with van der Waals surface area (Å²) < 4.78 is 0. The van der Waals surface area contributed by atoms with Gasteiger partial charge in [0.15, 0.2) is 0 Å². The standard InChI is InChI=1S/C18H27N3O2/c19-11-5-3-1-2-4-8-18(23)21-17-10-9-15(7-6-12-20)16(13-17)14-22/h9-10,13,22H,1-5,8,11-12,14,19-20H2,(H,21,23). The van der Waals surface area contributed by atoms with Crippen molar-refractivity contribution in [3.63, 3.8) is 0 Å². The summed E-state index contributed by atoms with van der Waals surface area (Å²) >= 11 is 0. The van der Waals surface area contributed by atoms with Crippen molar-refractivity contribution in [2.45, 2.75) is 45.1 Å². The highest BCUT2D eigenvalue weighted by Gasteiger charge is 2.05. The largest absolute Gasteiger partial charge is 0.392 e. The molecule has 6 N–H and O–H groups in total. The number of amides is 1. The van der Waals surface area contributed by atoms with Gasteiger partial charge in [0, 0.05) is 17.7 Å². The molecule has 126 valence electrons. The van der Waals surface area contributed by atoms with Gasteiger partial charge >= 0.3 is 0 Å². The van der Waals surface area contributed by atoms with Gasteiger partial charge in [0.1, 0.15) is 0 Å². The van der Waals surface area contributed by atoms with Crippen molar-refractivity contribution < 1.29 is 9.90 Å². The van der Waals surface area contributed by atoms with E-state index >= 15 is 0 Å². The number of benzene rings is 1. The average molecular weight is 317 g/mol. The predicted molar refractivity (Wildman–Crippen MR) is 93.7 cm³/mol. The number of carbonyl (C=O) groups excluding carboxylic acids is 1. The molecule has 0 heterocycles. The van der Waals surface area contributed by atoms with Crippen molar-refractivity contribution in [1.29, 1.82) is 0 Å². The summed E-state index contributed by atoms with van der Waals surface area (Å²) in [4.78, 5) is 11.9. The van der Waals surface area contributed by atoms with Gasteiger partial charge < -0.3 is 21.9 Å². The molecule has 0 atom stereocenters. The van der Waals surface area contributed by atoms with Gasteiger partial charge in [0.05, 0.1) is 13.2 Å². The van der Waals surface area contributed by atoms with E-state index in [1.807, 2.05) is 0 Å². The fraction of sp³-hybridized carbons (Fsp3) is 0.500. The smallest absolute Gasteiger partial charge is 0.224 e. The molecule has 1 rings (SSSR count). The van der Waals surface area contributed by atoms with Crippen molar-refractivity contribution in [3.05, 3.63) is 29.3 Å². The summed E-state index contributed by atoms with van der Waals surface area (Å²) in [6.45, 7) is 0.882. The topological polar surface area (TPSA) is 101 Å². The summed E-state index contributed by atoms with van der Waals surface area (Å²) in [6, 6.07) is 5.33. The van der Waals surface area contributed by atoms with Crippen LogP contribution in [0.5, 0.6) is 0 Å². The first-order chi connectivity index (χ1) is 11.2. The highest BCUT2D eigenvalue weighted by atomic mass is 16.3. The Morgan fingerprint density at radius 3 is 2.57 bits per heavy atom. The Labute approximate surface area is 138 Å². The third-order valence-electron chi connectivity index (χ3n) is 3.49. The third kappa shape index (κ3) is 7.80. The lowest BCUT2D eigenvalue weighted by Gasteiger charge is -2.08. The molecule has 0 aliphatic rings. The molecule has 5 nitrogen and oxygen atoms in total. The number of anilines is 1. The molecule has 1 aromatic carbocycles. The minimum atomic E-state index is -0.126. The zero-order valence-electron chi connectivity index (χ0n) is 13.6. The molecule has 0 aliphatic heterocycles. The van der Waals surface area contributed by atoms with E-state index in [4.69, 9.17) is 11.5 Å². The van der Waals surface area contributed by atoms with Crippen molar-refractivity contribution in [1.82, 2.24) is 0 Å². The van der Waals surface area contributed by atoms with Crippen molar-refractivity contribution in [3.8, 4) is 11.8 Å². The number of carbonyl (C=O) groups is 1. The monoisotopic (exact) mass is 317 g/mol. The molecular formula is C18H27N3O2. The quantitative estimate of drug-likeness (QED) is 0.411. The highest BCUT2D eigenvalue weighted by molar-refractivity contribution is 5.90. The second-order valence-corrected chi connectivity index (χ2v) is 5.39. The number of rotatable bonds is 9. The van der Waals surface area contributed by atoms with E-state index in [-0.39, 0.29) is 19.1 Å². The molecule has 0 saturated heterocycles. The Bertz CT molecular complexity index is 547. The Balaban J connectivity index is 2.45. The molecule has 0 aliphatic carbocycles. The Morgan fingerprint density at radius 2 is 1.87 bits per heavy atom. The van der Waals surface area contributed by atoms with E-state index in [0.717, 1.165) is 44.2 Å². The van der Waals surface area contributed by atoms with Crippen LogP contribution < -0.4 is 16.8 Å². The first kappa shape index (κ1) is 19.2. The van der Waals surface area contributed by atoms with E-state index < -0.39 is 0 Å². The fourth-order valence-corrected chi connectivity index (χ4v) is 2.25. The summed E-state index contributed by atoms with van der Waals surface area (Å²) in [5.41, 5.74) is 12.9. The first-order valence-corrected chi connectivity index (χ1v) is 8.14. The lowest BCUT2D eigenvalue weighted by molar-refractivity contribution is -0.116. The maximum atomic E-state index is 11.9. The van der Waals surface area contributed by atoms with E-state index in [9.17, 15) is 9.90 Å². The lowest BCUT2D eigenvalue weighted by Crippen LogP contribution is -2.11. The number of hydrogen-bond donors (Lipinski definition) is 4. The molecule has 0 spiro atoms. The van der Waals surface area contributed by atoms with Crippen LogP contribution in [0.4, 0.5) is 5.69 Å². The van der Waals surface area contributed by atoms with Gasteiger partial charge in [-0.05, 0) is 43.1 Å². The molecule has 23 heavy (non-hydrogen) atoms. The van der Waals surface area contributed by atoms with Gasteiger partial charge in [0.25, 0.3) is 0 Å².